The number of nitrogens with two attached hydrogens (primary N) is 1. The maximum atomic E-state index is 14.3. The van der Waals surface area contributed by atoms with E-state index in [2.05, 4.69) is 15.0 Å². The highest BCUT2D eigenvalue weighted by molar-refractivity contribution is 5.90. The number of fused-ring (bicyclic) bond motifs is 1. The molecule has 0 amide bonds. The topological polar surface area (TPSA) is 80.5 Å². The Morgan fingerprint density at radius 2 is 2.22 bits per heavy atom. The highest BCUT2D eigenvalue weighted by atomic mass is 19.1. The van der Waals surface area contributed by atoms with E-state index in [-0.39, 0.29) is 6.04 Å². The SMILES string of the molecule is CC1=C(c2ncco2)N=C(N)CN1[C@H]1C[C@@H](F)c2cccnc21. The Morgan fingerprint density at radius 1 is 1.35 bits per heavy atom. The van der Waals surface area contributed by atoms with Crippen molar-refractivity contribution in [3.8, 4) is 0 Å². The van der Waals surface area contributed by atoms with Crippen LogP contribution < -0.4 is 5.73 Å². The number of hydrogen-bond donors (Lipinski definition) is 1. The van der Waals surface area contributed by atoms with Crippen LogP contribution >= 0.6 is 0 Å². The van der Waals surface area contributed by atoms with E-state index in [1.807, 2.05) is 11.8 Å². The summed E-state index contributed by atoms with van der Waals surface area (Å²) in [6.45, 7) is 2.35. The zero-order valence-corrected chi connectivity index (χ0v) is 12.6. The van der Waals surface area contributed by atoms with Gasteiger partial charge in [0, 0.05) is 23.9 Å². The number of pyridine rings is 1. The second-order valence-electron chi connectivity index (χ2n) is 5.70. The van der Waals surface area contributed by atoms with Gasteiger partial charge in [0.1, 0.15) is 24.0 Å². The second-order valence-corrected chi connectivity index (χ2v) is 5.70. The second kappa shape index (κ2) is 5.19. The van der Waals surface area contributed by atoms with Gasteiger partial charge in [-0.25, -0.2) is 14.4 Å². The van der Waals surface area contributed by atoms with E-state index in [0.29, 0.717) is 36.0 Å². The predicted octanol–water partition coefficient (Wildman–Crippen LogP) is 2.59. The molecule has 4 rings (SSSR count). The molecule has 6 nitrogen and oxygen atoms in total. The van der Waals surface area contributed by atoms with E-state index in [4.69, 9.17) is 10.2 Å². The molecule has 0 spiro atoms. The predicted molar refractivity (Wildman–Crippen MR) is 82.9 cm³/mol. The van der Waals surface area contributed by atoms with Crippen LogP contribution in [0.3, 0.4) is 0 Å². The molecule has 23 heavy (non-hydrogen) atoms. The lowest BCUT2D eigenvalue weighted by Gasteiger charge is -2.34. The number of alkyl halides is 1. The number of aliphatic imine (C=N–C) groups is 1. The number of oxazole rings is 1. The van der Waals surface area contributed by atoms with Gasteiger partial charge in [-0.1, -0.05) is 6.07 Å². The Hall–Kier alpha value is -2.70. The van der Waals surface area contributed by atoms with Crippen LogP contribution in [0.2, 0.25) is 0 Å². The monoisotopic (exact) mass is 313 g/mol. The minimum atomic E-state index is -1.01. The Labute approximate surface area is 132 Å². The van der Waals surface area contributed by atoms with Crippen molar-refractivity contribution in [2.24, 2.45) is 10.7 Å². The Balaban J connectivity index is 1.77. The third-order valence-electron chi connectivity index (χ3n) is 4.33. The zero-order valence-electron chi connectivity index (χ0n) is 12.6. The Morgan fingerprint density at radius 3 is 3.00 bits per heavy atom. The minimum absolute atomic E-state index is 0.166. The van der Waals surface area contributed by atoms with Crippen LogP contribution in [0.25, 0.3) is 5.70 Å². The third kappa shape index (κ3) is 2.19. The van der Waals surface area contributed by atoms with Gasteiger partial charge in [0.05, 0.1) is 24.5 Å². The lowest BCUT2D eigenvalue weighted by Crippen LogP contribution is -2.38. The van der Waals surface area contributed by atoms with Crippen LogP contribution in [-0.2, 0) is 0 Å². The molecule has 2 aromatic heterocycles. The largest absolute Gasteiger partial charge is 0.443 e. The van der Waals surface area contributed by atoms with Crippen molar-refractivity contribution in [2.75, 3.05) is 6.54 Å². The van der Waals surface area contributed by atoms with Crippen molar-refractivity contribution in [1.29, 1.82) is 0 Å². The summed E-state index contributed by atoms with van der Waals surface area (Å²) in [5.41, 5.74) is 8.86. The smallest absolute Gasteiger partial charge is 0.246 e. The Kier molecular flexibility index (Phi) is 3.14. The molecule has 0 bridgehead atoms. The van der Waals surface area contributed by atoms with E-state index in [1.54, 1.807) is 24.5 Å². The molecule has 0 radical (unpaired) electrons. The van der Waals surface area contributed by atoms with Gasteiger partial charge in [0.2, 0.25) is 5.89 Å². The van der Waals surface area contributed by atoms with Crippen molar-refractivity contribution in [2.45, 2.75) is 25.6 Å². The lowest BCUT2D eigenvalue weighted by atomic mass is 10.1. The summed E-state index contributed by atoms with van der Waals surface area (Å²) in [6.07, 6.45) is 4.09. The summed E-state index contributed by atoms with van der Waals surface area (Å²) in [6, 6.07) is 3.39. The van der Waals surface area contributed by atoms with E-state index >= 15 is 0 Å². The zero-order chi connectivity index (χ0) is 16.0. The van der Waals surface area contributed by atoms with Crippen molar-refractivity contribution >= 4 is 11.5 Å². The first kappa shape index (κ1) is 13.9. The van der Waals surface area contributed by atoms with Crippen LogP contribution in [0.4, 0.5) is 4.39 Å². The first-order valence-corrected chi connectivity index (χ1v) is 7.44. The van der Waals surface area contributed by atoms with Gasteiger partial charge >= 0.3 is 0 Å². The molecule has 0 saturated heterocycles. The number of halogens is 1. The number of aromatic nitrogens is 2. The molecule has 1 aliphatic carbocycles. The lowest BCUT2D eigenvalue weighted by molar-refractivity contribution is 0.231. The van der Waals surface area contributed by atoms with E-state index in [1.165, 1.54) is 6.26 Å². The average molecular weight is 313 g/mol. The molecule has 0 unspecified atom stereocenters. The van der Waals surface area contributed by atoms with Gasteiger partial charge in [-0.2, -0.15) is 0 Å². The van der Waals surface area contributed by atoms with Crippen LogP contribution in [0.1, 0.15) is 42.7 Å². The van der Waals surface area contributed by atoms with Crippen LogP contribution in [-0.4, -0.2) is 27.2 Å². The summed E-state index contributed by atoms with van der Waals surface area (Å²) in [5, 5.41) is 0. The fourth-order valence-corrected chi connectivity index (χ4v) is 3.26. The number of allylic oxidation sites excluding steroid dienone is 1. The van der Waals surface area contributed by atoms with E-state index in [9.17, 15) is 4.39 Å². The molecule has 1 aliphatic heterocycles. The van der Waals surface area contributed by atoms with Crippen molar-refractivity contribution in [3.05, 3.63) is 53.6 Å². The summed E-state index contributed by atoms with van der Waals surface area (Å²) < 4.78 is 19.7. The maximum absolute atomic E-state index is 14.3. The molecule has 0 aromatic carbocycles. The minimum Gasteiger partial charge on any atom is -0.443 e. The van der Waals surface area contributed by atoms with Gasteiger partial charge in [0.15, 0.2) is 0 Å². The van der Waals surface area contributed by atoms with Crippen LogP contribution in [0.15, 0.2) is 45.9 Å². The molecule has 0 fully saturated rings. The van der Waals surface area contributed by atoms with Crippen molar-refractivity contribution < 1.29 is 8.81 Å². The average Bonchev–Trinajstić information content (AvgIpc) is 3.18. The number of rotatable bonds is 2. The summed E-state index contributed by atoms with van der Waals surface area (Å²) in [4.78, 5) is 14.9. The van der Waals surface area contributed by atoms with Gasteiger partial charge in [-0.15, -0.1) is 0 Å². The first-order valence-electron chi connectivity index (χ1n) is 7.44. The fraction of sp³-hybridized carbons (Fsp3) is 0.312. The summed E-state index contributed by atoms with van der Waals surface area (Å²) in [5.74, 6) is 0.856. The molecular weight excluding hydrogens is 297 g/mol. The van der Waals surface area contributed by atoms with Gasteiger partial charge < -0.3 is 15.1 Å². The summed E-state index contributed by atoms with van der Waals surface area (Å²) >= 11 is 0. The fourth-order valence-electron chi connectivity index (χ4n) is 3.26. The molecule has 3 heterocycles. The molecule has 0 saturated carbocycles. The molecule has 2 aromatic rings. The molecule has 118 valence electrons. The maximum Gasteiger partial charge on any atom is 0.246 e. The third-order valence-corrected chi connectivity index (χ3v) is 4.33. The van der Waals surface area contributed by atoms with E-state index < -0.39 is 6.17 Å². The summed E-state index contributed by atoms with van der Waals surface area (Å²) in [7, 11) is 0. The quantitative estimate of drug-likeness (QED) is 0.921. The number of amidine groups is 1. The van der Waals surface area contributed by atoms with Gasteiger partial charge in [0.25, 0.3) is 0 Å². The standard InChI is InChI=1S/C16H16FN5O/c1-9-14(16-20-5-6-23-16)21-13(18)8-22(9)12-7-11(17)10-3-2-4-19-15(10)12/h2-6,11-12H,7-8H2,1H3,(H2,18,21)/t11-,12+/m1/s1. The number of nitrogens with zero attached hydrogens (tertiary/aromatic N) is 4. The molecule has 2 atom stereocenters. The first-order chi connectivity index (χ1) is 11.1. The molecule has 2 N–H and O–H groups in total. The van der Waals surface area contributed by atoms with Gasteiger partial charge in [-0.3, -0.25) is 4.98 Å². The highest BCUT2D eigenvalue weighted by Gasteiger charge is 2.38. The van der Waals surface area contributed by atoms with Gasteiger partial charge in [-0.05, 0) is 13.0 Å². The Bertz CT molecular complexity index is 799. The highest BCUT2D eigenvalue weighted by Crippen LogP contribution is 2.45. The molecule has 2 aliphatic rings. The van der Waals surface area contributed by atoms with Crippen molar-refractivity contribution in [3.63, 3.8) is 0 Å². The van der Waals surface area contributed by atoms with Crippen LogP contribution in [0, 0.1) is 0 Å². The normalized spacial score (nSPS) is 23.9. The van der Waals surface area contributed by atoms with Crippen molar-refractivity contribution in [1.82, 2.24) is 14.9 Å². The molecule has 7 heteroatoms. The molecular formula is C16H16FN5O. The van der Waals surface area contributed by atoms with E-state index in [0.717, 1.165) is 11.4 Å². The number of hydrogen-bond acceptors (Lipinski definition) is 6. The van der Waals surface area contributed by atoms with Crippen LogP contribution in [0.5, 0.6) is 0 Å².